The van der Waals surface area contributed by atoms with Crippen LogP contribution in [0.5, 0.6) is 0 Å². The van der Waals surface area contributed by atoms with Gasteiger partial charge >= 0.3 is 0 Å². The third-order valence-electron chi connectivity index (χ3n) is 4.83. The van der Waals surface area contributed by atoms with E-state index in [1.54, 1.807) is 31.8 Å². The second-order valence-electron chi connectivity index (χ2n) is 6.63. The number of aryl methyl sites for hydroxylation is 2. The Morgan fingerprint density at radius 3 is 2.31 bits per heavy atom. The van der Waals surface area contributed by atoms with Crippen LogP contribution in [0.3, 0.4) is 0 Å². The van der Waals surface area contributed by atoms with Gasteiger partial charge in [0.2, 0.25) is 5.91 Å². The van der Waals surface area contributed by atoms with E-state index < -0.39 is 6.04 Å². The Balaban J connectivity index is 1.84. The monoisotopic (exact) mass is 418 g/mol. The molecule has 3 heterocycles. The smallest absolute Gasteiger partial charge is 0.276 e. The minimum atomic E-state index is -0.621. The zero-order valence-electron chi connectivity index (χ0n) is 16.9. The van der Waals surface area contributed by atoms with E-state index in [0.29, 0.717) is 28.6 Å². The summed E-state index contributed by atoms with van der Waals surface area (Å²) in [4.78, 5) is 25.7. The fourth-order valence-corrected chi connectivity index (χ4v) is 3.03. The Bertz CT molecular complexity index is 1060. The summed E-state index contributed by atoms with van der Waals surface area (Å²) in [5, 5.41) is 18.6. The van der Waals surface area contributed by atoms with Crippen LogP contribution in [0.25, 0.3) is 0 Å². The van der Waals surface area contributed by atoms with Crippen LogP contribution < -0.4 is 10.6 Å². The van der Waals surface area contributed by atoms with Crippen molar-refractivity contribution in [2.75, 3.05) is 10.6 Å². The molecule has 0 bridgehead atoms. The first kappa shape index (κ1) is 20.6. The van der Waals surface area contributed by atoms with Gasteiger partial charge in [0.1, 0.15) is 11.7 Å². The molecule has 0 radical (unpaired) electrons. The Morgan fingerprint density at radius 2 is 1.76 bits per heavy atom. The number of rotatable bonds is 6. The number of carbonyl (C=O) groups is 2. The molecule has 0 saturated heterocycles. The van der Waals surface area contributed by atoms with Crippen molar-refractivity contribution in [1.29, 1.82) is 0 Å². The van der Waals surface area contributed by atoms with E-state index in [1.165, 1.54) is 21.8 Å². The van der Waals surface area contributed by atoms with Gasteiger partial charge in [0.25, 0.3) is 5.91 Å². The number of nitrogens with zero attached hydrogens (tertiary/aromatic N) is 6. The predicted molar refractivity (Wildman–Crippen MR) is 109 cm³/mol. The fraction of sp³-hybridized carbons (Fsp3) is 0.389. The highest BCUT2D eigenvalue weighted by Crippen LogP contribution is 2.22. The van der Waals surface area contributed by atoms with E-state index in [1.807, 2.05) is 13.8 Å². The van der Waals surface area contributed by atoms with Crippen LogP contribution in [0.15, 0.2) is 18.6 Å². The number of carbonyl (C=O) groups excluding carboxylic acids is 2. The molecular formula is C18H23ClN8O2. The first-order chi connectivity index (χ1) is 13.7. The molecule has 1 unspecified atom stereocenters. The van der Waals surface area contributed by atoms with Crippen LogP contribution >= 0.6 is 11.6 Å². The van der Waals surface area contributed by atoms with Gasteiger partial charge in [0.15, 0.2) is 0 Å². The number of hydrogen-bond acceptors (Lipinski definition) is 5. The largest absolute Gasteiger partial charge is 0.321 e. The average molecular weight is 419 g/mol. The van der Waals surface area contributed by atoms with E-state index in [-0.39, 0.29) is 17.5 Å². The van der Waals surface area contributed by atoms with Crippen LogP contribution in [0.1, 0.15) is 41.8 Å². The van der Waals surface area contributed by atoms with Gasteiger partial charge in [0.05, 0.1) is 46.4 Å². The Morgan fingerprint density at radius 1 is 1.07 bits per heavy atom. The summed E-state index contributed by atoms with van der Waals surface area (Å²) < 4.78 is 4.71. The maximum atomic E-state index is 12.9. The first-order valence-electron chi connectivity index (χ1n) is 9.10. The Hall–Kier alpha value is -3.14. The summed E-state index contributed by atoms with van der Waals surface area (Å²) in [6.07, 6.45) is 4.53. The molecule has 0 aliphatic carbocycles. The molecule has 2 N–H and O–H groups in total. The Kier molecular flexibility index (Phi) is 5.73. The lowest BCUT2D eigenvalue weighted by Gasteiger charge is -2.15. The minimum Gasteiger partial charge on any atom is -0.321 e. The van der Waals surface area contributed by atoms with Crippen molar-refractivity contribution in [3.8, 4) is 0 Å². The van der Waals surface area contributed by atoms with Gasteiger partial charge in [-0.25, -0.2) is 0 Å². The number of aromatic nitrogens is 6. The van der Waals surface area contributed by atoms with Crippen molar-refractivity contribution >= 4 is 34.8 Å². The zero-order chi connectivity index (χ0) is 21.3. The summed E-state index contributed by atoms with van der Waals surface area (Å²) >= 11 is 6.03. The molecule has 154 valence electrons. The molecule has 3 aromatic heterocycles. The Labute approximate surface area is 172 Å². The summed E-state index contributed by atoms with van der Waals surface area (Å²) in [5.74, 6) is -0.725. The van der Waals surface area contributed by atoms with Gasteiger partial charge in [-0.05, 0) is 27.7 Å². The highest BCUT2D eigenvalue weighted by atomic mass is 35.5. The minimum absolute atomic E-state index is 0.256. The molecule has 0 aromatic carbocycles. The number of nitrogens with one attached hydrogen (secondary N) is 2. The molecule has 0 spiro atoms. The predicted octanol–water partition coefficient (Wildman–Crippen LogP) is 2.56. The van der Waals surface area contributed by atoms with E-state index in [2.05, 4.69) is 25.9 Å². The molecule has 10 nitrogen and oxygen atoms in total. The van der Waals surface area contributed by atoms with E-state index in [0.717, 1.165) is 5.69 Å². The van der Waals surface area contributed by atoms with Gasteiger partial charge in [0, 0.05) is 13.6 Å². The van der Waals surface area contributed by atoms with Crippen molar-refractivity contribution in [1.82, 2.24) is 29.3 Å². The summed E-state index contributed by atoms with van der Waals surface area (Å²) in [7, 11) is 1.79. The quantitative estimate of drug-likeness (QED) is 0.638. The maximum absolute atomic E-state index is 12.9. The van der Waals surface area contributed by atoms with E-state index in [9.17, 15) is 9.59 Å². The SMILES string of the molecule is CCn1ncc(NC(=O)C(C)n2ncc(Cl)c2C)c1C(=O)Nc1cnn(C)c1C. The standard InChI is InChI=1S/C18H23ClN8O2/c1-6-26-16(18(29)23-14-8-20-25(5)11(14)3)15(9-21-26)24-17(28)12(4)27-10(2)13(19)7-22-27/h7-9,12H,6H2,1-5H3,(H,23,29)(H,24,28). The van der Waals surface area contributed by atoms with Crippen molar-refractivity contribution < 1.29 is 9.59 Å². The topological polar surface area (TPSA) is 112 Å². The third-order valence-corrected chi connectivity index (χ3v) is 5.20. The van der Waals surface area contributed by atoms with Crippen molar-refractivity contribution in [3.63, 3.8) is 0 Å². The summed E-state index contributed by atoms with van der Waals surface area (Å²) in [6.45, 7) is 7.66. The number of anilines is 2. The first-order valence-corrected chi connectivity index (χ1v) is 9.48. The van der Waals surface area contributed by atoms with Gasteiger partial charge < -0.3 is 10.6 Å². The lowest BCUT2D eigenvalue weighted by Crippen LogP contribution is -2.27. The molecule has 2 amide bonds. The maximum Gasteiger partial charge on any atom is 0.276 e. The second kappa shape index (κ2) is 8.08. The van der Waals surface area contributed by atoms with Crippen molar-refractivity contribution in [2.45, 2.75) is 40.3 Å². The van der Waals surface area contributed by atoms with Gasteiger partial charge in [-0.1, -0.05) is 11.6 Å². The molecule has 3 rings (SSSR count). The van der Waals surface area contributed by atoms with Crippen LogP contribution in [0.2, 0.25) is 5.02 Å². The van der Waals surface area contributed by atoms with E-state index in [4.69, 9.17) is 11.6 Å². The molecule has 0 fully saturated rings. The average Bonchev–Trinajstić information content (AvgIpc) is 3.35. The highest BCUT2D eigenvalue weighted by molar-refractivity contribution is 6.31. The number of amides is 2. The fourth-order valence-electron chi connectivity index (χ4n) is 2.90. The normalized spacial score (nSPS) is 12.1. The van der Waals surface area contributed by atoms with Crippen LogP contribution in [0, 0.1) is 13.8 Å². The van der Waals surface area contributed by atoms with E-state index >= 15 is 0 Å². The molecule has 0 aliphatic rings. The van der Waals surface area contributed by atoms with Gasteiger partial charge in [-0.2, -0.15) is 15.3 Å². The molecule has 3 aromatic rings. The van der Waals surface area contributed by atoms with Gasteiger partial charge in [-0.15, -0.1) is 0 Å². The second-order valence-corrected chi connectivity index (χ2v) is 7.04. The number of hydrogen-bond donors (Lipinski definition) is 2. The molecule has 0 aliphatic heterocycles. The molecule has 11 heteroatoms. The number of halogens is 1. The molecule has 1 atom stereocenters. The van der Waals surface area contributed by atoms with Crippen molar-refractivity contribution in [3.05, 3.63) is 40.7 Å². The summed E-state index contributed by atoms with van der Waals surface area (Å²) in [5.41, 5.74) is 2.66. The van der Waals surface area contributed by atoms with Crippen LogP contribution in [-0.2, 0) is 18.4 Å². The molecule has 0 saturated carbocycles. The van der Waals surface area contributed by atoms with Crippen molar-refractivity contribution in [2.24, 2.45) is 7.05 Å². The summed E-state index contributed by atoms with van der Waals surface area (Å²) in [6, 6.07) is -0.621. The van der Waals surface area contributed by atoms with Gasteiger partial charge in [-0.3, -0.25) is 23.6 Å². The zero-order valence-corrected chi connectivity index (χ0v) is 17.7. The molecular weight excluding hydrogens is 396 g/mol. The molecule has 29 heavy (non-hydrogen) atoms. The lowest BCUT2D eigenvalue weighted by molar-refractivity contribution is -0.119. The lowest BCUT2D eigenvalue weighted by atomic mass is 10.2. The highest BCUT2D eigenvalue weighted by Gasteiger charge is 2.24. The van der Waals surface area contributed by atoms with Crippen LogP contribution in [-0.4, -0.2) is 41.2 Å². The van der Waals surface area contributed by atoms with Crippen LogP contribution in [0.4, 0.5) is 11.4 Å². The third kappa shape index (κ3) is 3.88.